The van der Waals surface area contributed by atoms with Gasteiger partial charge in [-0.3, -0.25) is 0 Å². The molecule has 0 aromatic carbocycles. The molecular formula is C13H23N3S. The molecule has 1 aromatic rings. The molecule has 1 aliphatic carbocycles. The highest BCUT2D eigenvalue weighted by atomic mass is 32.1. The number of nitrogens with one attached hydrogen (secondary N) is 1. The molecule has 1 aromatic heterocycles. The summed E-state index contributed by atoms with van der Waals surface area (Å²) in [5, 5.41) is 4.56. The zero-order valence-electron chi connectivity index (χ0n) is 11.3. The number of nitrogens with zero attached hydrogens (tertiary/aromatic N) is 2. The Kier molecular flexibility index (Phi) is 3.71. The molecule has 1 fully saturated rings. The van der Waals surface area contributed by atoms with Crippen molar-refractivity contribution in [1.82, 2.24) is 9.36 Å². The number of anilines is 1. The van der Waals surface area contributed by atoms with Crippen LogP contribution in [0.5, 0.6) is 0 Å². The van der Waals surface area contributed by atoms with Crippen molar-refractivity contribution in [3.63, 3.8) is 0 Å². The molecule has 1 aliphatic rings. The largest absolute Gasteiger partial charge is 0.357 e. The Labute approximate surface area is 108 Å². The van der Waals surface area contributed by atoms with Crippen LogP contribution in [0.2, 0.25) is 0 Å². The van der Waals surface area contributed by atoms with Gasteiger partial charge >= 0.3 is 0 Å². The molecule has 4 heteroatoms. The minimum absolute atomic E-state index is 0.0502. The zero-order valence-corrected chi connectivity index (χ0v) is 12.1. The van der Waals surface area contributed by atoms with Gasteiger partial charge in [-0.15, -0.1) is 0 Å². The first kappa shape index (κ1) is 12.8. The van der Waals surface area contributed by atoms with Gasteiger partial charge in [-0.25, -0.2) is 4.98 Å². The maximum atomic E-state index is 4.61. The molecule has 0 amide bonds. The highest BCUT2D eigenvalue weighted by molar-refractivity contribution is 7.09. The molecule has 0 bridgehead atoms. The van der Waals surface area contributed by atoms with E-state index in [-0.39, 0.29) is 5.41 Å². The van der Waals surface area contributed by atoms with E-state index in [1.807, 2.05) is 0 Å². The van der Waals surface area contributed by atoms with E-state index in [0.717, 1.165) is 16.9 Å². The van der Waals surface area contributed by atoms with Gasteiger partial charge in [0, 0.05) is 23.0 Å². The minimum Gasteiger partial charge on any atom is -0.357 e. The van der Waals surface area contributed by atoms with Crippen LogP contribution in [0.25, 0.3) is 0 Å². The molecule has 0 radical (unpaired) electrons. The Hall–Kier alpha value is -0.640. The van der Waals surface area contributed by atoms with Gasteiger partial charge in [-0.05, 0) is 18.8 Å². The maximum absolute atomic E-state index is 4.61. The third-order valence-electron chi connectivity index (χ3n) is 3.52. The summed E-state index contributed by atoms with van der Waals surface area (Å²) in [6.07, 6.45) is 5.32. The van der Waals surface area contributed by atoms with Gasteiger partial charge in [-0.1, -0.05) is 40.5 Å². The van der Waals surface area contributed by atoms with E-state index in [0.29, 0.717) is 6.04 Å². The van der Waals surface area contributed by atoms with Gasteiger partial charge in [-0.2, -0.15) is 4.37 Å². The second-order valence-corrected chi connectivity index (χ2v) is 6.94. The fraction of sp³-hybridized carbons (Fsp3) is 0.846. The summed E-state index contributed by atoms with van der Waals surface area (Å²) in [5.41, 5.74) is 0.0502. The molecule has 96 valence electrons. The molecule has 1 saturated carbocycles. The van der Waals surface area contributed by atoms with Crippen molar-refractivity contribution in [3.05, 3.63) is 5.82 Å². The van der Waals surface area contributed by atoms with E-state index in [2.05, 4.69) is 42.4 Å². The van der Waals surface area contributed by atoms with Crippen LogP contribution >= 0.6 is 11.5 Å². The van der Waals surface area contributed by atoms with Crippen LogP contribution in [-0.2, 0) is 5.41 Å². The van der Waals surface area contributed by atoms with Crippen molar-refractivity contribution in [2.75, 3.05) is 5.32 Å². The predicted molar refractivity (Wildman–Crippen MR) is 73.7 cm³/mol. The van der Waals surface area contributed by atoms with E-state index in [9.17, 15) is 0 Å². The highest BCUT2D eigenvalue weighted by Gasteiger charge is 2.24. The Morgan fingerprint density at radius 3 is 2.53 bits per heavy atom. The standard InChI is InChI=1S/C13H23N3S/c1-9-7-5-6-8-10(9)14-12-15-11(16-17-12)13(2,3)4/h9-10H,5-8H2,1-4H3,(H,14,15,16). The lowest BCUT2D eigenvalue weighted by molar-refractivity contribution is 0.349. The van der Waals surface area contributed by atoms with Gasteiger partial charge in [0.25, 0.3) is 0 Å². The normalized spacial score (nSPS) is 25.9. The van der Waals surface area contributed by atoms with Crippen molar-refractivity contribution in [2.24, 2.45) is 5.92 Å². The summed E-state index contributed by atoms with van der Waals surface area (Å²) in [5.74, 6) is 1.71. The predicted octanol–water partition coefficient (Wildman–Crippen LogP) is 3.83. The zero-order chi connectivity index (χ0) is 12.5. The van der Waals surface area contributed by atoms with E-state index < -0.39 is 0 Å². The number of hydrogen-bond donors (Lipinski definition) is 1. The van der Waals surface area contributed by atoms with Gasteiger partial charge in [0.05, 0.1) is 0 Å². The lowest BCUT2D eigenvalue weighted by Crippen LogP contribution is -2.30. The van der Waals surface area contributed by atoms with Crippen LogP contribution in [-0.4, -0.2) is 15.4 Å². The lowest BCUT2D eigenvalue weighted by Gasteiger charge is -2.29. The van der Waals surface area contributed by atoms with Crippen LogP contribution < -0.4 is 5.32 Å². The summed E-state index contributed by atoms with van der Waals surface area (Å²) in [6, 6.07) is 0.588. The number of hydrogen-bond acceptors (Lipinski definition) is 4. The monoisotopic (exact) mass is 253 g/mol. The van der Waals surface area contributed by atoms with Crippen LogP contribution in [0.3, 0.4) is 0 Å². The van der Waals surface area contributed by atoms with Crippen molar-refractivity contribution in [1.29, 1.82) is 0 Å². The Balaban J connectivity index is 2.01. The third-order valence-corrected chi connectivity index (χ3v) is 4.16. The SMILES string of the molecule is CC1CCCCC1Nc1nc(C(C)(C)C)ns1. The van der Waals surface area contributed by atoms with Crippen LogP contribution in [0.1, 0.15) is 59.2 Å². The molecule has 0 aliphatic heterocycles. The quantitative estimate of drug-likeness (QED) is 0.870. The van der Waals surface area contributed by atoms with Crippen molar-refractivity contribution in [3.8, 4) is 0 Å². The summed E-state index contributed by atoms with van der Waals surface area (Å²) in [4.78, 5) is 4.61. The topological polar surface area (TPSA) is 37.8 Å². The smallest absolute Gasteiger partial charge is 0.202 e. The van der Waals surface area contributed by atoms with Crippen LogP contribution in [0, 0.1) is 5.92 Å². The average Bonchev–Trinajstić information content (AvgIpc) is 2.69. The summed E-state index contributed by atoms with van der Waals surface area (Å²) in [6.45, 7) is 8.80. The Morgan fingerprint density at radius 1 is 1.24 bits per heavy atom. The second kappa shape index (κ2) is 4.92. The maximum Gasteiger partial charge on any atom is 0.202 e. The highest BCUT2D eigenvalue weighted by Crippen LogP contribution is 2.29. The van der Waals surface area contributed by atoms with E-state index >= 15 is 0 Å². The first-order valence-electron chi connectivity index (χ1n) is 6.57. The first-order chi connectivity index (χ1) is 7.97. The summed E-state index contributed by atoms with van der Waals surface area (Å²) < 4.78 is 4.45. The second-order valence-electron chi connectivity index (χ2n) is 6.19. The molecule has 2 rings (SSSR count). The molecule has 2 unspecified atom stereocenters. The molecule has 17 heavy (non-hydrogen) atoms. The average molecular weight is 253 g/mol. The Bertz CT molecular complexity index is 367. The summed E-state index contributed by atoms with van der Waals surface area (Å²) >= 11 is 1.50. The van der Waals surface area contributed by atoms with Gasteiger partial charge < -0.3 is 5.32 Å². The minimum atomic E-state index is 0.0502. The number of rotatable bonds is 2. The van der Waals surface area contributed by atoms with Gasteiger partial charge in [0.2, 0.25) is 5.13 Å². The van der Waals surface area contributed by atoms with E-state index in [1.165, 1.54) is 37.2 Å². The van der Waals surface area contributed by atoms with Gasteiger partial charge in [0.1, 0.15) is 5.82 Å². The lowest BCUT2D eigenvalue weighted by atomic mass is 9.86. The molecule has 3 nitrogen and oxygen atoms in total. The summed E-state index contributed by atoms with van der Waals surface area (Å²) in [7, 11) is 0. The fourth-order valence-corrected chi connectivity index (χ4v) is 3.10. The van der Waals surface area contributed by atoms with Gasteiger partial charge in [0.15, 0.2) is 0 Å². The third kappa shape index (κ3) is 3.18. The first-order valence-corrected chi connectivity index (χ1v) is 7.35. The molecule has 1 heterocycles. The van der Waals surface area contributed by atoms with E-state index in [4.69, 9.17) is 0 Å². The van der Waals surface area contributed by atoms with Crippen LogP contribution in [0.15, 0.2) is 0 Å². The van der Waals surface area contributed by atoms with Crippen molar-refractivity contribution in [2.45, 2.75) is 64.8 Å². The van der Waals surface area contributed by atoms with Crippen molar-refractivity contribution >= 4 is 16.7 Å². The Morgan fingerprint density at radius 2 is 1.94 bits per heavy atom. The molecule has 2 atom stereocenters. The fourth-order valence-electron chi connectivity index (χ4n) is 2.28. The molecule has 0 spiro atoms. The van der Waals surface area contributed by atoms with E-state index in [1.54, 1.807) is 0 Å². The molecule has 0 saturated heterocycles. The number of aromatic nitrogens is 2. The molecule has 1 N–H and O–H groups in total. The van der Waals surface area contributed by atoms with Crippen molar-refractivity contribution < 1.29 is 0 Å². The van der Waals surface area contributed by atoms with Crippen LogP contribution in [0.4, 0.5) is 5.13 Å². The molecular weight excluding hydrogens is 230 g/mol.